The summed E-state index contributed by atoms with van der Waals surface area (Å²) in [5, 5.41) is 0. The van der Waals surface area contributed by atoms with E-state index in [4.69, 9.17) is 0 Å². The average Bonchev–Trinajstić information content (AvgIpc) is 1.95. The van der Waals surface area contributed by atoms with Crippen molar-refractivity contribution in [1.82, 2.24) is 0 Å². The number of thioether (sulfide) groups is 1. The van der Waals surface area contributed by atoms with Crippen LogP contribution in [0.25, 0.3) is 0 Å². The number of hydrogen-bond donors (Lipinski definition) is 0. The van der Waals surface area contributed by atoms with Gasteiger partial charge < -0.3 is 4.74 Å². The molecule has 0 aromatic rings. The predicted octanol–water partition coefficient (Wildman–Crippen LogP) is 2.29. The molecule has 0 aliphatic rings. The Morgan fingerprint density at radius 1 is 1.50 bits per heavy atom. The van der Waals surface area contributed by atoms with Crippen molar-refractivity contribution in [2.24, 2.45) is 0 Å². The largest absolute Gasteiger partial charge is 0.466 e. The fourth-order valence-electron chi connectivity index (χ4n) is 0.592. The lowest BCUT2D eigenvalue weighted by atomic mass is 10.4. The van der Waals surface area contributed by atoms with E-state index >= 15 is 0 Å². The standard InChI is InChI=1S/C7H12F2O2S/c1-6(10)11-4-2-3-5-12-7(8)9/h7H,2-5H2,1H3. The smallest absolute Gasteiger partial charge is 0.302 e. The van der Waals surface area contributed by atoms with Crippen LogP contribution < -0.4 is 0 Å². The van der Waals surface area contributed by atoms with E-state index < -0.39 is 5.76 Å². The first kappa shape index (κ1) is 11.7. The van der Waals surface area contributed by atoms with Crippen LogP contribution in [0.15, 0.2) is 0 Å². The topological polar surface area (TPSA) is 26.3 Å². The van der Waals surface area contributed by atoms with Gasteiger partial charge in [0, 0.05) is 6.92 Å². The monoisotopic (exact) mass is 198 g/mol. The van der Waals surface area contributed by atoms with Gasteiger partial charge in [0.2, 0.25) is 0 Å². The van der Waals surface area contributed by atoms with Crippen LogP contribution in [0.4, 0.5) is 8.78 Å². The molecular formula is C7H12F2O2S. The summed E-state index contributed by atoms with van der Waals surface area (Å²) in [6, 6.07) is 0. The normalized spacial score (nSPS) is 10.3. The van der Waals surface area contributed by atoms with E-state index in [9.17, 15) is 13.6 Å². The number of carbonyl (C=O) groups excluding carboxylic acids is 1. The molecule has 0 aromatic heterocycles. The summed E-state index contributed by atoms with van der Waals surface area (Å²) in [6.07, 6.45) is 1.31. The summed E-state index contributed by atoms with van der Waals surface area (Å²) in [7, 11) is 0. The summed E-state index contributed by atoms with van der Waals surface area (Å²) in [5.41, 5.74) is 0. The quantitative estimate of drug-likeness (QED) is 0.484. The van der Waals surface area contributed by atoms with E-state index in [0.29, 0.717) is 37.0 Å². The molecule has 5 heteroatoms. The van der Waals surface area contributed by atoms with Gasteiger partial charge in [-0.15, -0.1) is 0 Å². The van der Waals surface area contributed by atoms with Crippen molar-refractivity contribution >= 4 is 17.7 Å². The molecule has 0 heterocycles. The van der Waals surface area contributed by atoms with E-state index in [2.05, 4.69) is 4.74 Å². The SMILES string of the molecule is CC(=O)OCCCCSC(F)F. The number of hydrogen-bond acceptors (Lipinski definition) is 3. The minimum Gasteiger partial charge on any atom is -0.466 e. The Morgan fingerprint density at radius 2 is 2.17 bits per heavy atom. The fraction of sp³-hybridized carbons (Fsp3) is 0.857. The molecular weight excluding hydrogens is 186 g/mol. The molecule has 0 fully saturated rings. The fourth-order valence-corrected chi connectivity index (χ4v) is 1.14. The minimum absolute atomic E-state index is 0.323. The summed E-state index contributed by atoms with van der Waals surface area (Å²) in [4.78, 5) is 10.2. The molecule has 0 N–H and O–H groups in total. The highest BCUT2D eigenvalue weighted by molar-refractivity contribution is 7.99. The molecule has 0 bridgehead atoms. The number of halogens is 2. The molecule has 0 aliphatic heterocycles. The average molecular weight is 198 g/mol. The summed E-state index contributed by atoms with van der Waals surface area (Å²) >= 11 is 0.616. The molecule has 0 amide bonds. The lowest BCUT2D eigenvalue weighted by Crippen LogP contribution is -2.00. The van der Waals surface area contributed by atoms with Gasteiger partial charge in [0.05, 0.1) is 6.61 Å². The van der Waals surface area contributed by atoms with Crippen LogP contribution in [0.5, 0.6) is 0 Å². The molecule has 72 valence electrons. The molecule has 0 saturated carbocycles. The zero-order valence-corrected chi connectivity index (χ0v) is 7.70. The van der Waals surface area contributed by atoms with Crippen molar-refractivity contribution in [2.75, 3.05) is 12.4 Å². The molecule has 0 unspecified atom stereocenters. The van der Waals surface area contributed by atoms with Crippen molar-refractivity contribution in [2.45, 2.75) is 25.5 Å². The first-order chi connectivity index (χ1) is 5.63. The zero-order valence-electron chi connectivity index (χ0n) is 6.89. The van der Waals surface area contributed by atoms with Crippen LogP contribution in [0.2, 0.25) is 0 Å². The van der Waals surface area contributed by atoms with Gasteiger partial charge >= 0.3 is 5.97 Å². The van der Waals surface area contributed by atoms with Gasteiger partial charge in [-0.1, -0.05) is 11.8 Å². The Bertz CT molecular complexity index is 131. The van der Waals surface area contributed by atoms with Crippen molar-refractivity contribution in [3.05, 3.63) is 0 Å². The molecule has 0 aromatic carbocycles. The van der Waals surface area contributed by atoms with Crippen molar-refractivity contribution in [1.29, 1.82) is 0 Å². The zero-order chi connectivity index (χ0) is 9.40. The maximum absolute atomic E-state index is 11.5. The highest BCUT2D eigenvalue weighted by Crippen LogP contribution is 2.14. The van der Waals surface area contributed by atoms with E-state index in [1.807, 2.05) is 0 Å². The molecule has 12 heavy (non-hydrogen) atoms. The molecule has 0 rings (SSSR count). The second-order valence-electron chi connectivity index (χ2n) is 2.18. The van der Waals surface area contributed by atoms with Gasteiger partial charge in [-0.25, -0.2) is 0 Å². The molecule has 2 nitrogen and oxygen atoms in total. The van der Waals surface area contributed by atoms with Gasteiger partial charge in [0.25, 0.3) is 5.76 Å². The van der Waals surface area contributed by atoms with Gasteiger partial charge in [-0.05, 0) is 18.6 Å². The number of carbonyl (C=O) groups is 1. The Labute approximate surface area is 74.7 Å². The van der Waals surface area contributed by atoms with E-state index in [1.165, 1.54) is 6.92 Å². The maximum Gasteiger partial charge on any atom is 0.302 e. The number of rotatable bonds is 6. The van der Waals surface area contributed by atoms with Crippen LogP contribution in [-0.4, -0.2) is 24.1 Å². The van der Waals surface area contributed by atoms with Crippen molar-refractivity contribution < 1.29 is 18.3 Å². The Balaban J connectivity index is 2.96. The Morgan fingerprint density at radius 3 is 2.67 bits per heavy atom. The first-order valence-corrected chi connectivity index (χ1v) is 4.71. The lowest BCUT2D eigenvalue weighted by Gasteiger charge is -2.01. The number of ether oxygens (including phenoxy) is 1. The second-order valence-corrected chi connectivity index (χ2v) is 3.28. The molecule has 0 spiro atoms. The van der Waals surface area contributed by atoms with Gasteiger partial charge in [-0.2, -0.15) is 8.78 Å². The Kier molecular flexibility index (Phi) is 7.14. The van der Waals surface area contributed by atoms with Crippen LogP contribution in [-0.2, 0) is 9.53 Å². The molecule has 0 saturated heterocycles. The van der Waals surface area contributed by atoms with Crippen LogP contribution in [0, 0.1) is 0 Å². The van der Waals surface area contributed by atoms with Gasteiger partial charge in [0.1, 0.15) is 0 Å². The number of alkyl halides is 2. The van der Waals surface area contributed by atoms with Gasteiger partial charge in [-0.3, -0.25) is 4.79 Å². The number of unbranched alkanes of at least 4 members (excludes halogenated alkanes) is 1. The molecule has 0 aliphatic carbocycles. The van der Waals surface area contributed by atoms with Crippen LogP contribution in [0.1, 0.15) is 19.8 Å². The first-order valence-electron chi connectivity index (χ1n) is 3.66. The van der Waals surface area contributed by atoms with Crippen LogP contribution in [0.3, 0.4) is 0 Å². The number of esters is 1. The minimum atomic E-state index is -2.29. The third-order valence-corrected chi connectivity index (χ3v) is 1.86. The van der Waals surface area contributed by atoms with Crippen LogP contribution >= 0.6 is 11.8 Å². The van der Waals surface area contributed by atoms with Gasteiger partial charge in [0.15, 0.2) is 0 Å². The van der Waals surface area contributed by atoms with E-state index in [-0.39, 0.29) is 5.97 Å². The maximum atomic E-state index is 11.5. The summed E-state index contributed by atoms with van der Waals surface area (Å²) in [5.74, 6) is -2.20. The molecule has 0 radical (unpaired) electrons. The van der Waals surface area contributed by atoms with E-state index in [0.717, 1.165) is 0 Å². The molecule has 0 atom stereocenters. The predicted molar refractivity (Wildman–Crippen MR) is 44.3 cm³/mol. The van der Waals surface area contributed by atoms with Crippen molar-refractivity contribution in [3.8, 4) is 0 Å². The highest BCUT2D eigenvalue weighted by atomic mass is 32.2. The highest BCUT2D eigenvalue weighted by Gasteiger charge is 2.01. The van der Waals surface area contributed by atoms with Crippen molar-refractivity contribution in [3.63, 3.8) is 0 Å². The Hall–Kier alpha value is -0.320. The summed E-state index contributed by atoms with van der Waals surface area (Å²) < 4.78 is 27.7. The third-order valence-electron chi connectivity index (χ3n) is 1.09. The second kappa shape index (κ2) is 7.34. The summed E-state index contributed by atoms with van der Waals surface area (Å²) in [6.45, 7) is 1.66. The lowest BCUT2D eigenvalue weighted by molar-refractivity contribution is -0.141. The third kappa shape index (κ3) is 9.68. The van der Waals surface area contributed by atoms with E-state index in [1.54, 1.807) is 0 Å².